The van der Waals surface area contributed by atoms with Crippen molar-refractivity contribution in [3.8, 4) is 0 Å². The molecule has 1 aliphatic rings. The number of ether oxygens (including phenoxy) is 1. The van der Waals surface area contributed by atoms with E-state index in [1.165, 1.54) is 28.0 Å². The summed E-state index contributed by atoms with van der Waals surface area (Å²) in [4.78, 5) is 32.1. The van der Waals surface area contributed by atoms with Crippen molar-refractivity contribution in [1.82, 2.24) is 4.57 Å². The van der Waals surface area contributed by atoms with E-state index < -0.39 is 17.8 Å². The Labute approximate surface area is 216 Å². The van der Waals surface area contributed by atoms with Crippen LogP contribution in [-0.4, -0.2) is 17.1 Å². The van der Waals surface area contributed by atoms with Crippen molar-refractivity contribution >= 4 is 51.7 Å². The van der Waals surface area contributed by atoms with Gasteiger partial charge in [-0.2, -0.15) is 0 Å². The molecule has 0 radical (unpaired) electrons. The number of fused-ring (bicyclic) bond motifs is 1. The van der Waals surface area contributed by atoms with Crippen LogP contribution in [0, 0.1) is 9.58 Å². The standard InChI is InChI=1S/C26H18FIN2O4S/c1-2-33-25(32)21-22(15-6-4-3-5-7-15)29-26-30(23(21)16-8-10-17(27)11-9-16)24(31)19(35-26)14-18-12-13-20(28)34-18/h3-14,23H,2H2,1H3/b19-14-/t23-/m0/s1. The van der Waals surface area contributed by atoms with Gasteiger partial charge >= 0.3 is 5.97 Å². The molecular formula is C26H18FIN2O4S. The third kappa shape index (κ3) is 4.53. The lowest BCUT2D eigenvalue weighted by molar-refractivity contribution is -0.138. The van der Waals surface area contributed by atoms with E-state index in [2.05, 4.69) is 22.6 Å². The molecule has 0 spiro atoms. The average molecular weight is 600 g/mol. The lowest BCUT2D eigenvalue weighted by atomic mass is 9.93. The molecule has 5 rings (SSSR count). The van der Waals surface area contributed by atoms with E-state index in [9.17, 15) is 14.0 Å². The van der Waals surface area contributed by atoms with Crippen molar-refractivity contribution < 1.29 is 18.3 Å². The van der Waals surface area contributed by atoms with E-state index in [0.29, 0.717) is 35.7 Å². The summed E-state index contributed by atoms with van der Waals surface area (Å²) in [5, 5.41) is 0. The smallest absolute Gasteiger partial charge is 0.338 e. The summed E-state index contributed by atoms with van der Waals surface area (Å²) in [6.07, 6.45) is 1.66. The topological polar surface area (TPSA) is 73.8 Å². The lowest BCUT2D eigenvalue weighted by Gasteiger charge is -2.25. The van der Waals surface area contributed by atoms with Crippen LogP contribution in [0.15, 0.2) is 86.5 Å². The van der Waals surface area contributed by atoms with E-state index in [4.69, 9.17) is 14.1 Å². The molecule has 2 aromatic carbocycles. The van der Waals surface area contributed by atoms with Crippen molar-refractivity contribution in [1.29, 1.82) is 0 Å². The number of nitrogens with zero attached hydrogens (tertiary/aromatic N) is 2. The van der Waals surface area contributed by atoms with Crippen LogP contribution in [0.2, 0.25) is 0 Å². The van der Waals surface area contributed by atoms with Crippen LogP contribution in [0.4, 0.5) is 4.39 Å². The van der Waals surface area contributed by atoms with Crippen molar-refractivity contribution in [2.24, 2.45) is 4.99 Å². The molecule has 0 bridgehead atoms. The molecule has 4 aromatic rings. The van der Waals surface area contributed by atoms with Crippen LogP contribution >= 0.6 is 33.9 Å². The minimum atomic E-state index is -0.847. The highest BCUT2D eigenvalue weighted by atomic mass is 127. The highest BCUT2D eigenvalue weighted by Crippen LogP contribution is 2.35. The van der Waals surface area contributed by atoms with Gasteiger partial charge in [0.05, 0.1) is 28.5 Å². The number of carbonyl (C=O) groups excluding carboxylic acids is 1. The summed E-state index contributed by atoms with van der Waals surface area (Å²) in [5.41, 5.74) is 1.58. The highest BCUT2D eigenvalue weighted by Gasteiger charge is 2.35. The maximum atomic E-state index is 13.8. The molecular weight excluding hydrogens is 582 g/mol. The fourth-order valence-electron chi connectivity index (χ4n) is 3.94. The zero-order valence-corrected chi connectivity index (χ0v) is 21.4. The first-order valence-electron chi connectivity index (χ1n) is 10.8. The van der Waals surface area contributed by atoms with E-state index in [1.807, 2.05) is 30.3 Å². The Morgan fingerprint density at radius 2 is 1.91 bits per heavy atom. The minimum Gasteiger partial charge on any atom is -0.463 e. The summed E-state index contributed by atoms with van der Waals surface area (Å²) in [6.45, 7) is 1.87. The van der Waals surface area contributed by atoms with Crippen LogP contribution < -0.4 is 14.9 Å². The highest BCUT2D eigenvalue weighted by molar-refractivity contribution is 14.1. The van der Waals surface area contributed by atoms with E-state index >= 15 is 0 Å². The first-order chi connectivity index (χ1) is 17.0. The van der Waals surface area contributed by atoms with Crippen LogP contribution in [0.1, 0.15) is 29.9 Å². The van der Waals surface area contributed by atoms with Gasteiger partial charge in [-0.25, -0.2) is 14.2 Å². The number of carbonyl (C=O) groups is 1. The Kier molecular flexibility index (Phi) is 6.52. The molecule has 1 atom stereocenters. The number of benzene rings is 2. The fourth-order valence-corrected chi connectivity index (χ4v) is 5.35. The molecule has 0 amide bonds. The molecule has 0 saturated heterocycles. The molecule has 1 aliphatic heterocycles. The van der Waals surface area contributed by atoms with Crippen LogP contribution in [0.3, 0.4) is 0 Å². The number of furan rings is 1. The largest absolute Gasteiger partial charge is 0.463 e. The monoisotopic (exact) mass is 600 g/mol. The predicted molar refractivity (Wildman–Crippen MR) is 139 cm³/mol. The Morgan fingerprint density at radius 3 is 2.57 bits per heavy atom. The summed E-state index contributed by atoms with van der Waals surface area (Å²) in [7, 11) is 0. The van der Waals surface area contributed by atoms with Gasteiger partial charge in [0, 0.05) is 11.6 Å². The van der Waals surface area contributed by atoms with E-state index in [-0.39, 0.29) is 17.7 Å². The molecule has 0 aliphatic carbocycles. The molecule has 9 heteroatoms. The number of aromatic nitrogens is 1. The zero-order chi connectivity index (χ0) is 24.5. The van der Waals surface area contributed by atoms with Crippen LogP contribution in [0.5, 0.6) is 0 Å². The Balaban J connectivity index is 1.83. The van der Waals surface area contributed by atoms with Crippen LogP contribution in [0.25, 0.3) is 11.8 Å². The number of esters is 1. The zero-order valence-electron chi connectivity index (χ0n) is 18.4. The second-order valence-corrected chi connectivity index (χ2v) is 9.70. The third-order valence-electron chi connectivity index (χ3n) is 5.43. The molecule has 6 nitrogen and oxygen atoms in total. The Morgan fingerprint density at radius 1 is 1.17 bits per heavy atom. The maximum Gasteiger partial charge on any atom is 0.338 e. The number of thiazole rings is 1. The van der Waals surface area contributed by atoms with Crippen molar-refractivity contribution in [3.05, 3.63) is 118 Å². The fraction of sp³-hybridized carbons (Fsp3) is 0.115. The SMILES string of the molecule is CCOC(=O)C1=C(c2ccccc2)N=c2s/c(=C\c3ccc(I)o3)c(=O)n2[C@H]1c1ccc(F)cc1. The average Bonchev–Trinajstić information content (AvgIpc) is 3.41. The second-order valence-electron chi connectivity index (χ2n) is 7.62. The first kappa shape index (κ1) is 23.4. The van der Waals surface area contributed by atoms with Gasteiger partial charge < -0.3 is 9.15 Å². The van der Waals surface area contributed by atoms with Gasteiger partial charge in [-0.05, 0) is 59.3 Å². The van der Waals surface area contributed by atoms with Crippen LogP contribution in [-0.2, 0) is 9.53 Å². The number of halogens is 2. The molecule has 0 saturated carbocycles. The summed E-state index contributed by atoms with van der Waals surface area (Å²) >= 11 is 3.25. The van der Waals surface area contributed by atoms with Crippen molar-refractivity contribution in [2.75, 3.05) is 6.61 Å². The molecule has 3 heterocycles. The summed E-state index contributed by atoms with van der Waals surface area (Å²) < 4.78 is 27.4. The third-order valence-corrected chi connectivity index (χ3v) is 6.99. The van der Waals surface area contributed by atoms with Crippen molar-refractivity contribution in [2.45, 2.75) is 13.0 Å². The molecule has 35 heavy (non-hydrogen) atoms. The molecule has 176 valence electrons. The molecule has 0 unspecified atom stereocenters. The van der Waals surface area contributed by atoms with E-state index in [0.717, 1.165) is 0 Å². The maximum absolute atomic E-state index is 13.8. The van der Waals surface area contributed by atoms with Gasteiger partial charge in [0.1, 0.15) is 11.6 Å². The van der Waals surface area contributed by atoms with E-state index in [1.54, 1.807) is 37.3 Å². The van der Waals surface area contributed by atoms with Gasteiger partial charge in [0.15, 0.2) is 8.57 Å². The lowest BCUT2D eigenvalue weighted by Crippen LogP contribution is -2.40. The van der Waals surface area contributed by atoms with Gasteiger partial charge in [-0.15, -0.1) is 0 Å². The van der Waals surface area contributed by atoms with Gasteiger partial charge in [0.25, 0.3) is 5.56 Å². The first-order valence-corrected chi connectivity index (χ1v) is 12.6. The second kappa shape index (κ2) is 9.74. The Hall–Kier alpha value is -3.31. The van der Waals surface area contributed by atoms with Crippen molar-refractivity contribution in [3.63, 3.8) is 0 Å². The normalized spacial score (nSPS) is 15.6. The predicted octanol–water partition coefficient (Wildman–Crippen LogP) is 4.27. The summed E-state index contributed by atoms with van der Waals surface area (Å²) in [6, 6.07) is 17.7. The molecule has 0 fully saturated rings. The number of hydrogen-bond acceptors (Lipinski definition) is 6. The van der Waals surface area contributed by atoms with Gasteiger partial charge in [0.2, 0.25) is 0 Å². The minimum absolute atomic E-state index is 0.155. The summed E-state index contributed by atoms with van der Waals surface area (Å²) in [5.74, 6) is -0.469. The number of hydrogen-bond donors (Lipinski definition) is 0. The Bertz CT molecular complexity index is 1620. The van der Waals surface area contributed by atoms with Gasteiger partial charge in [-0.1, -0.05) is 53.8 Å². The molecule has 2 aromatic heterocycles. The number of rotatable bonds is 5. The quantitative estimate of drug-likeness (QED) is 0.254. The molecule has 0 N–H and O–H groups in total. The van der Waals surface area contributed by atoms with Gasteiger partial charge in [-0.3, -0.25) is 9.36 Å².